The molecule has 1 aliphatic heterocycles. The molecule has 2 aromatic rings. The predicted molar refractivity (Wildman–Crippen MR) is 106 cm³/mol. The van der Waals surface area contributed by atoms with Crippen LogP contribution in [0.15, 0.2) is 42.5 Å². The average Bonchev–Trinajstić information content (AvgIpc) is 3.28. The van der Waals surface area contributed by atoms with Gasteiger partial charge in [0.05, 0.1) is 17.5 Å². The Balaban J connectivity index is 1.51. The van der Waals surface area contributed by atoms with Gasteiger partial charge in [-0.25, -0.2) is 4.90 Å². The van der Waals surface area contributed by atoms with E-state index in [4.69, 9.17) is 11.6 Å². The molecule has 2 bridgehead atoms. The van der Waals surface area contributed by atoms with Crippen molar-refractivity contribution in [1.82, 2.24) is 0 Å². The average molecular weight is 380 g/mol. The van der Waals surface area contributed by atoms with E-state index in [1.54, 1.807) is 24.3 Å². The summed E-state index contributed by atoms with van der Waals surface area (Å²) in [5, 5.41) is 0.543. The van der Waals surface area contributed by atoms with Crippen molar-refractivity contribution in [2.45, 2.75) is 32.6 Å². The van der Waals surface area contributed by atoms with Gasteiger partial charge >= 0.3 is 0 Å². The van der Waals surface area contributed by atoms with Crippen molar-refractivity contribution in [3.05, 3.63) is 64.2 Å². The highest BCUT2D eigenvalue weighted by atomic mass is 35.5. The monoisotopic (exact) mass is 379 g/mol. The Hall–Kier alpha value is -2.13. The molecule has 0 unspecified atom stereocenters. The highest BCUT2D eigenvalue weighted by Gasteiger charge is 2.64. The number of halogens is 1. The highest BCUT2D eigenvalue weighted by Crippen LogP contribution is 2.62. The maximum absolute atomic E-state index is 13.3. The van der Waals surface area contributed by atoms with Gasteiger partial charge in [-0.1, -0.05) is 41.4 Å². The Morgan fingerprint density at radius 1 is 0.963 bits per heavy atom. The van der Waals surface area contributed by atoms with E-state index < -0.39 is 0 Å². The van der Waals surface area contributed by atoms with E-state index in [-0.39, 0.29) is 29.6 Å². The Kier molecular flexibility index (Phi) is 3.74. The van der Waals surface area contributed by atoms with E-state index in [0.29, 0.717) is 22.5 Å². The molecule has 4 heteroatoms. The molecular weight excluding hydrogens is 358 g/mol. The van der Waals surface area contributed by atoms with Crippen LogP contribution in [0.25, 0.3) is 0 Å². The predicted octanol–water partition coefficient (Wildman–Crippen LogP) is 4.89. The molecule has 5 rings (SSSR count). The number of nitrogens with zero attached hydrogens (tertiary/aromatic N) is 1. The first-order valence-corrected chi connectivity index (χ1v) is 10.0. The summed E-state index contributed by atoms with van der Waals surface area (Å²) in [5.74, 6) is 0.566. The lowest BCUT2D eigenvalue weighted by atomic mass is 9.72. The topological polar surface area (TPSA) is 37.4 Å². The molecule has 2 amide bonds. The lowest BCUT2D eigenvalue weighted by Crippen LogP contribution is -2.33. The summed E-state index contributed by atoms with van der Waals surface area (Å²) < 4.78 is 0. The van der Waals surface area contributed by atoms with Gasteiger partial charge in [-0.2, -0.15) is 0 Å². The third-order valence-electron chi connectivity index (χ3n) is 6.92. The smallest absolute Gasteiger partial charge is 0.237 e. The van der Waals surface area contributed by atoms with E-state index in [9.17, 15) is 9.59 Å². The van der Waals surface area contributed by atoms with Crippen LogP contribution in [-0.4, -0.2) is 11.8 Å². The van der Waals surface area contributed by atoms with Crippen LogP contribution in [0.5, 0.6) is 0 Å². The molecule has 3 fully saturated rings. The van der Waals surface area contributed by atoms with Crippen molar-refractivity contribution in [3.63, 3.8) is 0 Å². The minimum absolute atomic E-state index is 0.0285. The second kappa shape index (κ2) is 5.93. The Morgan fingerprint density at radius 2 is 1.74 bits per heavy atom. The van der Waals surface area contributed by atoms with Crippen LogP contribution >= 0.6 is 11.6 Å². The lowest BCUT2D eigenvalue weighted by Gasteiger charge is -2.30. The number of rotatable bonds is 2. The van der Waals surface area contributed by atoms with Crippen LogP contribution in [0.4, 0.5) is 5.69 Å². The van der Waals surface area contributed by atoms with Crippen LogP contribution in [0, 0.1) is 37.5 Å². The molecule has 2 aliphatic carbocycles. The fraction of sp³-hybridized carbons (Fsp3) is 0.391. The van der Waals surface area contributed by atoms with E-state index in [1.807, 2.05) is 0 Å². The van der Waals surface area contributed by atoms with Gasteiger partial charge in [0.2, 0.25) is 11.8 Å². The van der Waals surface area contributed by atoms with E-state index >= 15 is 0 Å². The van der Waals surface area contributed by atoms with Crippen molar-refractivity contribution in [1.29, 1.82) is 0 Å². The molecule has 0 aromatic heterocycles. The summed E-state index contributed by atoms with van der Waals surface area (Å²) in [5.41, 5.74) is 4.51. The summed E-state index contributed by atoms with van der Waals surface area (Å²) in [4.78, 5) is 27.8. The first-order chi connectivity index (χ1) is 13.0. The van der Waals surface area contributed by atoms with Gasteiger partial charge in [0.15, 0.2) is 0 Å². The maximum atomic E-state index is 13.3. The molecule has 0 spiro atoms. The number of aryl methyl sites for hydroxylation is 2. The van der Waals surface area contributed by atoms with Crippen LogP contribution < -0.4 is 4.90 Å². The number of hydrogen-bond acceptors (Lipinski definition) is 2. The van der Waals surface area contributed by atoms with Gasteiger partial charge in [0.25, 0.3) is 0 Å². The van der Waals surface area contributed by atoms with Crippen molar-refractivity contribution in [3.8, 4) is 0 Å². The highest BCUT2D eigenvalue weighted by molar-refractivity contribution is 6.31. The van der Waals surface area contributed by atoms with Crippen molar-refractivity contribution in [2.24, 2.45) is 23.7 Å². The molecule has 3 nitrogen and oxygen atoms in total. The van der Waals surface area contributed by atoms with Crippen molar-refractivity contribution < 1.29 is 9.59 Å². The van der Waals surface area contributed by atoms with Crippen molar-refractivity contribution >= 4 is 29.1 Å². The SMILES string of the molecule is Cc1ccc(C)c([C@@H]2C[C@H]3C[C@H]2[C@@H]2C(=O)N(c4cccc(Cl)c4)C(=O)[C@@H]32)c1. The fourth-order valence-corrected chi connectivity index (χ4v) is 6.03. The molecule has 2 saturated carbocycles. The van der Waals surface area contributed by atoms with E-state index in [2.05, 4.69) is 32.0 Å². The zero-order valence-corrected chi connectivity index (χ0v) is 16.2. The zero-order chi connectivity index (χ0) is 18.9. The van der Waals surface area contributed by atoms with Gasteiger partial charge in [-0.15, -0.1) is 0 Å². The van der Waals surface area contributed by atoms with Gasteiger partial charge in [0.1, 0.15) is 0 Å². The molecule has 0 N–H and O–H groups in total. The molecule has 27 heavy (non-hydrogen) atoms. The third-order valence-corrected chi connectivity index (χ3v) is 7.15. The van der Waals surface area contributed by atoms with Gasteiger partial charge in [-0.05, 0) is 73.8 Å². The number of carbonyl (C=O) groups excluding carboxylic acids is 2. The number of anilines is 1. The number of imide groups is 1. The van der Waals surface area contributed by atoms with E-state index in [1.165, 1.54) is 21.6 Å². The quantitative estimate of drug-likeness (QED) is 0.697. The van der Waals surface area contributed by atoms with Gasteiger partial charge in [0, 0.05) is 5.02 Å². The summed E-state index contributed by atoms with van der Waals surface area (Å²) in [7, 11) is 0. The number of fused-ring (bicyclic) bond motifs is 5. The van der Waals surface area contributed by atoms with E-state index in [0.717, 1.165) is 12.8 Å². The molecular formula is C23H22ClNO2. The van der Waals surface area contributed by atoms with Crippen LogP contribution in [0.1, 0.15) is 35.4 Å². The van der Waals surface area contributed by atoms with Gasteiger partial charge in [-0.3, -0.25) is 9.59 Å². The van der Waals surface area contributed by atoms with Crippen LogP contribution in [0.3, 0.4) is 0 Å². The van der Waals surface area contributed by atoms with Crippen molar-refractivity contribution in [2.75, 3.05) is 4.90 Å². The first-order valence-electron chi connectivity index (χ1n) is 9.66. The normalized spacial score (nSPS) is 31.7. The molecule has 138 valence electrons. The Bertz CT molecular complexity index is 969. The molecule has 1 saturated heterocycles. The van der Waals surface area contributed by atoms with Crippen LogP contribution in [0.2, 0.25) is 5.02 Å². The molecule has 0 radical (unpaired) electrons. The summed E-state index contributed by atoms with van der Waals surface area (Å²) in [6.07, 6.45) is 2.01. The van der Waals surface area contributed by atoms with Gasteiger partial charge < -0.3 is 0 Å². The number of carbonyl (C=O) groups is 2. The number of amides is 2. The Morgan fingerprint density at radius 3 is 2.52 bits per heavy atom. The largest absolute Gasteiger partial charge is 0.274 e. The first kappa shape index (κ1) is 17.0. The summed E-state index contributed by atoms with van der Waals surface area (Å²) in [6.45, 7) is 4.27. The molecule has 5 atom stereocenters. The summed E-state index contributed by atoms with van der Waals surface area (Å²) >= 11 is 6.10. The molecule has 2 aromatic carbocycles. The maximum Gasteiger partial charge on any atom is 0.237 e. The zero-order valence-electron chi connectivity index (χ0n) is 15.5. The molecule has 3 aliphatic rings. The number of hydrogen-bond donors (Lipinski definition) is 0. The third kappa shape index (κ3) is 2.41. The minimum Gasteiger partial charge on any atom is -0.274 e. The summed E-state index contributed by atoms with van der Waals surface area (Å²) in [6, 6.07) is 13.6. The second-order valence-electron chi connectivity index (χ2n) is 8.41. The fourth-order valence-electron chi connectivity index (χ4n) is 5.85. The standard InChI is InChI=1S/C23H22ClNO2/c1-12-6-7-13(2)17(8-12)18-9-14-10-19(18)21-20(14)22(26)25(23(21)27)16-5-3-4-15(24)11-16/h3-8,11,14,18-21H,9-10H2,1-2H3/t14-,18-,19+,20-,21-/m0/s1. The van der Waals surface area contributed by atoms with Crippen LogP contribution in [-0.2, 0) is 9.59 Å². The molecule has 1 heterocycles. The number of benzene rings is 2. The lowest BCUT2D eigenvalue weighted by molar-refractivity contribution is -0.123. The second-order valence-corrected chi connectivity index (χ2v) is 8.84. The Labute approximate surface area is 164 Å². The minimum atomic E-state index is -0.180.